The molecule has 6 nitrogen and oxygen atoms in total. The molecule has 124 valence electrons. The van der Waals surface area contributed by atoms with Crippen molar-refractivity contribution in [2.75, 3.05) is 6.61 Å². The van der Waals surface area contributed by atoms with Crippen LogP contribution in [0.15, 0.2) is 30.6 Å². The molecule has 0 bridgehead atoms. The summed E-state index contributed by atoms with van der Waals surface area (Å²) in [5, 5.41) is 28.0. The average molecular weight is 324 g/mol. The third kappa shape index (κ3) is 4.13. The second kappa shape index (κ2) is 7.16. The number of imidazole rings is 1. The van der Waals surface area contributed by atoms with Gasteiger partial charge in [-0.15, -0.1) is 0 Å². The first kappa shape index (κ1) is 17.5. The van der Waals surface area contributed by atoms with E-state index in [1.165, 1.54) is 16.5 Å². The van der Waals surface area contributed by atoms with Gasteiger partial charge >= 0.3 is 0 Å². The molecule has 0 radical (unpaired) electrons. The van der Waals surface area contributed by atoms with E-state index in [9.17, 15) is 5.11 Å². The van der Waals surface area contributed by atoms with Crippen LogP contribution in [0.1, 0.15) is 37.7 Å². The number of rotatable bonds is 5. The summed E-state index contributed by atoms with van der Waals surface area (Å²) >= 11 is 0. The van der Waals surface area contributed by atoms with Gasteiger partial charge in [0.2, 0.25) is 0 Å². The number of hydrogen-bond donors (Lipinski definition) is 1. The Morgan fingerprint density at radius 1 is 1.21 bits per heavy atom. The van der Waals surface area contributed by atoms with Gasteiger partial charge < -0.3 is 14.4 Å². The van der Waals surface area contributed by atoms with E-state index in [0.29, 0.717) is 5.75 Å². The van der Waals surface area contributed by atoms with Gasteiger partial charge in [0.25, 0.3) is 0 Å². The molecule has 1 aromatic heterocycles. The Hall–Kier alpha value is -2.83. The lowest BCUT2D eigenvalue weighted by Gasteiger charge is -2.19. The molecule has 1 aromatic carbocycles. The van der Waals surface area contributed by atoms with Crippen molar-refractivity contribution >= 4 is 0 Å². The quantitative estimate of drug-likeness (QED) is 0.911. The summed E-state index contributed by atoms with van der Waals surface area (Å²) in [5.74, 6) is 0.672. The van der Waals surface area contributed by atoms with Crippen LogP contribution in [0.3, 0.4) is 0 Å². The molecule has 0 saturated heterocycles. The molecule has 0 aliphatic heterocycles. The lowest BCUT2D eigenvalue weighted by molar-refractivity contribution is 0.0922. The minimum Gasteiger partial charge on any atom is -0.491 e. The minimum atomic E-state index is -0.819. The molecule has 2 aromatic rings. The molecule has 0 saturated carbocycles. The molecule has 1 heterocycles. The summed E-state index contributed by atoms with van der Waals surface area (Å²) in [6.07, 6.45) is 0.554. The number of nitrogens with zero attached hydrogens (tertiary/aromatic N) is 4. The second-order valence-electron chi connectivity index (χ2n) is 6.56. The van der Waals surface area contributed by atoms with Gasteiger partial charge in [-0.1, -0.05) is 32.9 Å². The zero-order chi connectivity index (χ0) is 17.7. The van der Waals surface area contributed by atoms with E-state index >= 15 is 0 Å². The number of aliphatic hydroxyl groups excluding tert-OH is 1. The highest BCUT2D eigenvalue weighted by molar-refractivity contribution is 5.36. The minimum absolute atomic E-state index is 0.0587. The first-order chi connectivity index (χ1) is 11.3. The molecule has 6 heteroatoms. The molecule has 24 heavy (non-hydrogen) atoms. The third-order valence-corrected chi connectivity index (χ3v) is 3.62. The maximum absolute atomic E-state index is 10.1. The predicted octanol–water partition coefficient (Wildman–Crippen LogP) is 2.36. The fourth-order valence-corrected chi connectivity index (χ4v) is 2.24. The largest absolute Gasteiger partial charge is 0.491 e. The van der Waals surface area contributed by atoms with E-state index in [0.717, 1.165) is 0 Å². The SMILES string of the molecule is CC(C)(C)c1ccc(OCC(O)Cn2cnc(C#N)c2C#N)cc1. The van der Waals surface area contributed by atoms with Gasteiger partial charge in [0.05, 0.1) is 12.9 Å². The molecular formula is C18H20N4O2. The van der Waals surface area contributed by atoms with E-state index in [1.54, 1.807) is 0 Å². The summed E-state index contributed by atoms with van der Waals surface area (Å²) in [5.41, 5.74) is 1.48. The van der Waals surface area contributed by atoms with E-state index < -0.39 is 6.10 Å². The van der Waals surface area contributed by atoms with Crippen molar-refractivity contribution in [1.82, 2.24) is 9.55 Å². The van der Waals surface area contributed by atoms with Crippen molar-refractivity contribution < 1.29 is 9.84 Å². The van der Waals surface area contributed by atoms with Crippen LogP contribution in [0, 0.1) is 22.7 Å². The van der Waals surface area contributed by atoms with E-state index in [1.807, 2.05) is 36.4 Å². The summed E-state index contributed by atoms with van der Waals surface area (Å²) in [6, 6.07) is 11.5. The molecule has 0 aliphatic rings. The zero-order valence-electron chi connectivity index (χ0n) is 14.0. The highest BCUT2D eigenvalue weighted by Gasteiger charge is 2.15. The van der Waals surface area contributed by atoms with Crippen molar-refractivity contribution in [2.45, 2.75) is 38.8 Å². The van der Waals surface area contributed by atoms with Crippen molar-refractivity contribution in [3.8, 4) is 17.9 Å². The summed E-state index contributed by atoms with van der Waals surface area (Å²) < 4.78 is 7.04. The Morgan fingerprint density at radius 3 is 2.42 bits per heavy atom. The first-order valence-electron chi connectivity index (χ1n) is 7.62. The zero-order valence-corrected chi connectivity index (χ0v) is 14.0. The van der Waals surface area contributed by atoms with Crippen molar-refractivity contribution in [3.63, 3.8) is 0 Å². The van der Waals surface area contributed by atoms with Crippen LogP contribution in [0.5, 0.6) is 5.75 Å². The second-order valence-corrected chi connectivity index (χ2v) is 6.56. The molecule has 0 amide bonds. The van der Waals surface area contributed by atoms with E-state index in [2.05, 4.69) is 25.8 Å². The van der Waals surface area contributed by atoms with Crippen LogP contribution in [-0.2, 0) is 12.0 Å². The number of aliphatic hydroxyl groups is 1. The Kier molecular flexibility index (Phi) is 5.23. The van der Waals surface area contributed by atoms with Gasteiger partial charge in [-0.3, -0.25) is 0 Å². The normalized spacial score (nSPS) is 12.2. The number of benzene rings is 1. The Bertz CT molecular complexity index is 773. The van der Waals surface area contributed by atoms with Gasteiger partial charge in [0, 0.05) is 0 Å². The van der Waals surface area contributed by atoms with Crippen LogP contribution in [0.25, 0.3) is 0 Å². The first-order valence-corrected chi connectivity index (χ1v) is 7.62. The van der Waals surface area contributed by atoms with E-state index in [4.69, 9.17) is 15.3 Å². The molecule has 0 spiro atoms. The van der Waals surface area contributed by atoms with Gasteiger partial charge in [-0.2, -0.15) is 10.5 Å². The van der Waals surface area contributed by atoms with Gasteiger partial charge in [-0.25, -0.2) is 4.98 Å². The fraction of sp³-hybridized carbons (Fsp3) is 0.389. The standard InChI is InChI=1S/C18H20N4O2/c1-18(2,3)13-4-6-15(7-5-13)24-11-14(23)10-22-12-21-16(8-19)17(22)9-20/h4-7,12,14,23H,10-11H2,1-3H3. The Morgan fingerprint density at radius 2 is 1.88 bits per heavy atom. The lowest BCUT2D eigenvalue weighted by atomic mass is 9.87. The monoisotopic (exact) mass is 324 g/mol. The Labute approximate surface area is 141 Å². The number of ether oxygens (including phenoxy) is 1. The molecular weight excluding hydrogens is 304 g/mol. The predicted molar refractivity (Wildman–Crippen MR) is 88.3 cm³/mol. The molecule has 1 N–H and O–H groups in total. The maximum Gasteiger partial charge on any atom is 0.176 e. The molecule has 0 fully saturated rings. The summed E-state index contributed by atoms with van der Waals surface area (Å²) in [6.45, 7) is 6.64. The number of nitriles is 2. The molecule has 1 unspecified atom stereocenters. The van der Waals surface area contributed by atoms with Gasteiger partial charge in [-0.05, 0) is 23.1 Å². The number of aromatic nitrogens is 2. The fourth-order valence-electron chi connectivity index (χ4n) is 2.24. The lowest BCUT2D eigenvalue weighted by Crippen LogP contribution is -2.24. The summed E-state index contributed by atoms with van der Waals surface area (Å²) in [4.78, 5) is 3.84. The maximum atomic E-state index is 10.1. The summed E-state index contributed by atoms with van der Waals surface area (Å²) in [7, 11) is 0. The topological polar surface area (TPSA) is 94.9 Å². The molecule has 1 atom stereocenters. The number of hydrogen-bond acceptors (Lipinski definition) is 5. The highest BCUT2D eigenvalue weighted by Crippen LogP contribution is 2.24. The average Bonchev–Trinajstić information content (AvgIpc) is 2.94. The van der Waals surface area contributed by atoms with Crippen LogP contribution >= 0.6 is 0 Å². The van der Waals surface area contributed by atoms with Crippen molar-refractivity contribution in [1.29, 1.82) is 10.5 Å². The Balaban J connectivity index is 1.94. The van der Waals surface area contributed by atoms with Crippen LogP contribution in [0.2, 0.25) is 0 Å². The van der Waals surface area contributed by atoms with E-state index in [-0.39, 0.29) is 30.0 Å². The van der Waals surface area contributed by atoms with Gasteiger partial charge in [0.15, 0.2) is 11.4 Å². The van der Waals surface area contributed by atoms with Crippen molar-refractivity contribution in [3.05, 3.63) is 47.5 Å². The highest BCUT2D eigenvalue weighted by atomic mass is 16.5. The smallest absolute Gasteiger partial charge is 0.176 e. The van der Waals surface area contributed by atoms with Crippen molar-refractivity contribution in [2.24, 2.45) is 0 Å². The molecule has 0 aliphatic carbocycles. The van der Waals surface area contributed by atoms with Crippen LogP contribution in [-0.4, -0.2) is 27.4 Å². The van der Waals surface area contributed by atoms with Crippen LogP contribution < -0.4 is 4.74 Å². The molecule has 2 rings (SSSR count). The third-order valence-electron chi connectivity index (χ3n) is 3.62. The van der Waals surface area contributed by atoms with Gasteiger partial charge in [0.1, 0.15) is 30.6 Å². The van der Waals surface area contributed by atoms with Crippen LogP contribution in [0.4, 0.5) is 0 Å².